The number of carbonyl (C=O) groups is 1. The molecule has 0 aliphatic rings. The largest absolute Gasteiger partial charge is 0.497 e. The van der Waals surface area contributed by atoms with E-state index >= 15 is 0 Å². The smallest absolute Gasteiger partial charge is 0.352 e. The molecule has 0 aliphatic heterocycles. The maximum atomic E-state index is 12.0. The highest BCUT2D eigenvalue weighted by Gasteiger charge is 2.13. The summed E-state index contributed by atoms with van der Waals surface area (Å²) in [5.41, 5.74) is 0.305. The summed E-state index contributed by atoms with van der Waals surface area (Å²) in [6.45, 7) is 1.49. The molecule has 2 aromatic rings. The normalized spacial score (nSPS) is 10.5. The minimum Gasteiger partial charge on any atom is -0.497 e. The van der Waals surface area contributed by atoms with Crippen molar-refractivity contribution in [2.24, 2.45) is 0 Å². The maximum Gasteiger partial charge on any atom is 0.352 e. The number of H-pyrrole nitrogens is 1. The molecule has 0 saturated heterocycles. The number of fused-ring (bicyclic) bond motifs is 1. The van der Waals surface area contributed by atoms with Gasteiger partial charge in [-0.2, -0.15) is 0 Å². The molecular weight excluding hydrogens is 222 g/mol. The molecule has 0 unspecified atom stereocenters. The zero-order valence-corrected chi connectivity index (χ0v) is 9.40. The van der Waals surface area contributed by atoms with Crippen LogP contribution in [0.2, 0.25) is 0 Å². The number of ether oxygens (including phenoxy) is 1. The van der Waals surface area contributed by atoms with E-state index in [9.17, 15) is 9.59 Å². The lowest BCUT2D eigenvalue weighted by molar-refractivity contribution is 0.0690. The van der Waals surface area contributed by atoms with Crippen LogP contribution in [0.1, 0.15) is 16.1 Å². The Bertz CT molecular complexity index is 657. The Kier molecular flexibility index (Phi) is 2.59. The number of aromatic amines is 1. The Morgan fingerprint density at radius 2 is 2.12 bits per heavy atom. The average molecular weight is 233 g/mol. The standard InChI is InChI=1S/C12H11NO4/c1-6-10(12(15)16)13-9-4-3-7(17-2)5-8(9)11(6)14/h3-5H,1-2H3,(H,13,14)(H,15,16). The predicted octanol–water partition coefficient (Wildman–Crippen LogP) is 1.54. The SMILES string of the molecule is COc1ccc2[nH]c(C(=O)O)c(C)c(=O)c2c1. The topological polar surface area (TPSA) is 79.4 Å². The van der Waals surface area contributed by atoms with Gasteiger partial charge >= 0.3 is 5.97 Å². The second kappa shape index (κ2) is 3.93. The first-order chi connectivity index (χ1) is 8.04. The first-order valence-electron chi connectivity index (χ1n) is 4.98. The van der Waals surface area contributed by atoms with E-state index < -0.39 is 5.97 Å². The summed E-state index contributed by atoms with van der Waals surface area (Å²) >= 11 is 0. The van der Waals surface area contributed by atoms with Crippen LogP contribution < -0.4 is 10.2 Å². The number of aromatic carboxylic acids is 1. The molecule has 17 heavy (non-hydrogen) atoms. The second-order valence-corrected chi connectivity index (χ2v) is 3.67. The molecule has 0 atom stereocenters. The van der Waals surface area contributed by atoms with Gasteiger partial charge in [0.25, 0.3) is 0 Å². The van der Waals surface area contributed by atoms with Crippen molar-refractivity contribution < 1.29 is 14.6 Å². The van der Waals surface area contributed by atoms with Crippen LogP contribution in [0.25, 0.3) is 10.9 Å². The van der Waals surface area contributed by atoms with Crippen molar-refractivity contribution in [1.82, 2.24) is 4.98 Å². The Balaban J connectivity index is 2.86. The van der Waals surface area contributed by atoms with Gasteiger partial charge in [0.15, 0.2) is 5.43 Å². The van der Waals surface area contributed by atoms with E-state index in [-0.39, 0.29) is 16.7 Å². The summed E-state index contributed by atoms with van der Waals surface area (Å²) in [6.07, 6.45) is 0. The van der Waals surface area contributed by atoms with Gasteiger partial charge in [-0.05, 0) is 25.1 Å². The molecular formula is C12H11NO4. The second-order valence-electron chi connectivity index (χ2n) is 3.67. The zero-order valence-electron chi connectivity index (χ0n) is 9.40. The van der Waals surface area contributed by atoms with Crippen molar-refractivity contribution in [3.05, 3.63) is 39.7 Å². The van der Waals surface area contributed by atoms with Crippen molar-refractivity contribution in [1.29, 1.82) is 0 Å². The van der Waals surface area contributed by atoms with Crippen LogP contribution in [0.3, 0.4) is 0 Å². The Hall–Kier alpha value is -2.30. The van der Waals surface area contributed by atoms with Crippen LogP contribution in [0.15, 0.2) is 23.0 Å². The molecule has 1 aromatic carbocycles. The molecule has 0 radical (unpaired) electrons. The average Bonchev–Trinajstić information content (AvgIpc) is 2.33. The third kappa shape index (κ3) is 1.75. The number of aromatic nitrogens is 1. The number of pyridine rings is 1. The number of hydrogen-bond donors (Lipinski definition) is 2. The number of hydrogen-bond acceptors (Lipinski definition) is 3. The van der Waals surface area contributed by atoms with Crippen LogP contribution >= 0.6 is 0 Å². The molecule has 2 N–H and O–H groups in total. The number of benzene rings is 1. The van der Waals surface area contributed by atoms with Crippen LogP contribution in [-0.2, 0) is 0 Å². The van der Waals surface area contributed by atoms with Gasteiger partial charge in [0.1, 0.15) is 11.4 Å². The van der Waals surface area contributed by atoms with E-state index in [0.29, 0.717) is 16.7 Å². The van der Waals surface area contributed by atoms with Crippen LogP contribution in [0, 0.1) is 6.92 Å². The van der Waals surface area contributed by atoms with Crippen molar-refractivity contribution >= 4 is 16.9 Å². The fraction of sp³-hybridized carbons (Fsp3) is 0.167. The van der Waals surface area contributed by atoms with Gasteiger partial charge < -0.3 is 14.8 Å². The number of rotatable bonds is 2. The molecule has 0 amide bonds. The molecule has 0 bridgehead atoms. The van der Waals surface area contributed by atoms with E-state index in [1.807, 2.05) is 0 Å². The molecule has 0 fully saturated rings. The lowest BCUT2D eigenvalue weighted by atomic mass is 10.1. The zero-order chi connectivity index (χ0) is 12.6. The van der Waals surface area contributed by atoms with E-state index in [4.69, 9.17) is 9.84 Å². The predicted molar refractivity (Wildman–Crippen MR) is 62.8 cm³/mol. The van der Waals surface area contributed by atoms with Crippen LogP contribution in [0.4, 0.5) is 0 Å². The molecule has 2 rings (SSSR count). The summed E-state index contributed by atoms with van der Waals surface area (Å²) in [5, 5.41) is 9.38. The monoisotopic (exact) mass is 233 g/mol. The Labute approximate surface area is 96.7 Å². The molecule has 88 valence electrons. The number of carboxylic acids is 1. The fourth-order valence-corrected chi connectivity index (χ4v) is 1.71. The van der Waals surface area contributed by atoms with Crippen molar-refractivity contribution in [3.8, 4) is 5.75 Å². The van der Waals surface area contributed by atoms with E-state index in [1.54, 1.807) is 18.2 Å². The van der Waals surface area contributed by atoms with Gasteiger partial charge in [0, 0.05) is 10.9 Å². The molecule has 1 aromatic heterocycles. The van der Waals surface area contributed by atoms with Crippen LogP contribution in [0.5, 0.6) is 5.75 Å². The van der Waals surface area contributed by atoms with E-state index in [0.717, 1.165) is 0 Å². The lowest BCUT2D eigenvalue weighted by Crippen LogP contribution is -2.15. The van der Waals surface area contributed by atoms with Crippen molar-refractivity contribution in [2.45, 2.75) is 6.92 Å². The summed E-state index contributed by atoms with van der Waals surface area (Å²) in [7, 11) is 1.51. The Morgan fingerprint density at radius 1 is 1.41 bits per heavy atom. The maximum absolute atomic E-state index is 12.0. The quantitative estimate of drug-likeness (QED) is 0.824. The van der Waals surface area contributed by atoms with E-state index in [1.165, 1.54) is 14.0 Å². The third-order valence-corrected chi connectivity index (χ3v) is 2.66. The first kappa shape index (κ1) is 11.2. The summed E-state index contributed by atoms with van der Waals surface area (Å²) in [4.78, 5) is 25.7. The van der Waals surface area contributed by atoms with Gasteiger partial charge in [-0.15, -0.1) is 0 Å². The Morgan fingerprint density at radius 3 is 2.71 bits per heavy atom. The number of carboxylic acid groups (broad SMARTS) is 1. The highest BCUT2D eigenvalue weighted by atomic mass is 16.5. The van der Waals surface area contributed by atoms with E-state index in [2.05, 4.69) is 4.98 Å². The van der Waals surface area contributed by atoms with Crippen LogP contribution in [-0.4, -0.2) is 23.2 Å². The highest BCUT2D eigenvalue weighted by molar-refractivity contribution is 5.91. The van der Waals surface area contributed by atoms with Gasteiger partial charge in [0.05, 0.1) is 12.6 Å². The van der Waals surface area contributed by atoms with Crippen molar-refractivity contribution in [2.75, 3.05) is 7.11 Å². The molecule has 5 heteroatoms. The number of nitrogens with one attached hydrogen (secondary N) is 1. The molecule has 0 aliphatic carbocycles. The van der Waals surface area contributed by atoms with Gasteiger partial charge in [-0.1, -0.05) is 0 Å². The van der Waals surface area contributed by atoms with Gasteiger partial charge in [-0.25, -0.2) is 4.79 Å². The molecule has 0 saturated carbocycles. The number of methoxy groups -OCH3 is 1. The van der Waals surface area contributed by atoms with Crippen molar-refractivity contribution in [3.63, 3.8) is 0 Å². The van der Waals surface area contributed by atoms with Gasteiger partial charge in [0.2, 0.25) is 0 Å². The minimum absolute atomic E-state index is 0.0762. The first-order valence-corrected chi connectivity index (χ1v) is 4.98. The third-order valence-electron chi connectivity index (χ3n) is 2.66. The minimum atomic E-state index is -1.14. The lowest BCUT2D eigenvalue weighted by Gasteiger charge is -2.06. The summed E-state index contributed by atoms with van der Waals surface area (Å²) < 4.78 is 5.03. The molecule has 0 spiro atoms. The summed E-state index contributed by atoms with van der Waals surface area (Å²) in [5.74, 6) is -0.581. The molecule has 1 heterocycles. The fourth-order valence-electron chi connectivity index (χ4n) is 1.71. The highest BCUT2D eigenvalue weighted by Crippen LogP contribution is 2.18. The van der Waals surface area contributed by atoms with Gasteiger partial charge in [-0.3, -0.25) is 4.79 Å². The summed E-state index contributed by atoms with van der Waals surface area (Å²) in [6, 6.07) is 4.88. The molecule has 5 nitrogen and oxygen atoms in total.